The molecule has 0 fully saturated rings. The second-order valence-electron chi connectivity index (χ2n) is 4.45. The van der Waals surface area contributed by atoms with Gasteiger partial charge in [-0.1, -0.05) is 12.1 Å². The number of anilines is 1. The van der Waals surface area contributed by atoms with Crippen LogP contribution in [0.5, 0.6) is 5.75 Å². The minimum absolute atomic E-state index is 0.0165. The Bertz CT molecular complexity index is 709. The van der Waals surface area contributed by atoms with Gasteiger partial charge >= 0.3 is 0 Å². The van der Waals surface area contributed by atoms with Gasteiger partial charge in [-0.2, -0.15) is 0 Å². The molecule has 23 heavy (non-hydrogen) atoms. The van der Waals surface area contributed by atoms with Crippen LogP contribution < -0.4 is 20.9 Å². The van der Waals surface area contributed by atoms with E-state index in [1.165, 1.54) is 6.20 Å². The summed E-state index contributed by atoms with van der Waals surface area (Å²) in [6.45, 7) is -0.0165. The molecular weight excluding hydrogens is 364 g/mol. The average Bonchev–Trinajstić information content (AvgIpc) is 2.58. The summed E-state index contributed by atoms with van der Waals surface area (Å²) in [5.41, 5.74) is 5.66. The Morgan fingerprint density at radius 2 is 2.00 bits per heavy atom. The molecule has 0 radical (unpaired) electrons. The van der Waals surface area contributed by atoms with E-state index in [4.69, 9.17) is 4.74 Å². The number of ether oxygens (including phenoxy) is 1. The van der Waals surface area contributed by atoms with Gasteiger partial charge in [-0.25, -0.2) is 0 Å². The molecule has 3 N–H and O–H groups in total. The zero-order chi connectivity index (χ0) is 16.7. The number of hydrogen-bond donors (Lipinski definition) is 3. The van der Waals surface area contributed by atoms with Crippen LogP contribution in [0, 0.1) is 0 Å². The Kier molecular flexibility index (Phi) is 5.93. The van der Waals surface area contributed by atoms with E-state index in [9.17, 15) is 9.59 Å². The second-order valence-corrected chi connectivity index (χ2v) is 5.36. The lowest BCUT2D eigenvalue weighted by molar-refractivity contribution is -0.120. The zero-order valence-corrected chi connectivity index (χ0v) is 13.9. The highest BCUT2D eigenvalue weighted by Crippen LogP contribution is 2.22. The first kappa shape index (κ1) is 16.8. The van der Waals surface area contributed by atoms with E-state index in [0.717, 1.165) is 0 Å². The van der Waals surface area contributed by atoms with Crippen LogP contribution in [-0.2, 0) is 4.79 Å². The van der Waals surface area contributed by atoms with Crippen molar-refractivity contribution in [2.24, 2.45) is 0 Å². The lowest BCUT2D eigenvalue weighted by Crippen LogP contribution is -2.44. The van der Waals surface area contributed by atoms with Crippen LogP contribution in [0.25, 0.3) is 0 Å². The number of amides is 2. The van der Waals surface area contributed by atoms with Crippen molar-refractivity contribution in [1.82, 2.24) is 15.8 Å². The third-order valence-corrected chi connectivity index (χ3v) is 3.26. The molecule has 8 heteroatoms. The number of hydrazine groups is 1. The molecule has 1 heterocycles. The summed E-state index contributed by atoms with van der Waals surface area (Å²) in [4.78, 5) is 27.5. The van der Waals surface area contributed by atoms with Crippen molar-refractivity contribution in [2.45, 2.75) is 0 Å². The number of pyridine rings is 1. The quantitative estimate of drug-likeness (QED) is 0.689. The summed E-state index contributed by atoms with van der Waals surface area (Å²) in [6.07, 6.45) is 2.96. The minimum Gasteiger partial charge on any atom is -0.495 e. The number of benzene rings is 1. The highest BCUT2D eigenvalue weighted by molar-refractivity contribution is 9.10. The van der Waals surface area contributed by atoms with Gasteiger partial charge in [-0.15, -0.1) is 0 Å². The maximum absolute atomic E-state index is 11.8. The third kappa shape index (κ3) is 4.96. The molecule has 0 atom stereocenters. The van der Waals surface area contributed by atoms with Crippen LogP contribution in [0.4, 0.5) is 5.69 Å². The first-order valence-electron chi connectivity index (χ1n) is 6.67. The number of nitrogens with one attached hydrogen (secondary N) is 3. The first-order valence-corrected chi connectivity index (χ1v) is 7.46. The van der Waals surface area contributed by atoms with Gasteiger partial charge in [0.25, 0.3) is 11.8 Å². The van der Waals surface area contributed by atoms with Crippen molar-refractivity contribution >= 4 is 33.4 Å². The predicted molar refractivity (Wildman–Crippen MR) is 89.0 cm³/mol. The minimum atomic E-state index is -0.454. The highest BCUT2D eigenvalue weighted by atomic mass is 79.9. The number of para-hydroxylation sites is 2. The number of nitrogens with zero attached hydrogens (tertiary/aromatic N) is 1. The van der Waals surface area contributed by atoms with Gasteiger partial charge in [0, 0.05) is 16.9 Å². The summed E-state index contributed by atoms with van der Waals surface area (Å²) in [5.74, 6) is -0.221. The number of rotatable bonds is 5. The van der Waals surface area contributed by atoms with E-state index in [1.54, 1.807) is 31.5 Å². The Balaban J connectivity index is 1.82. The number of halogens is 1. The molecule has 2 amide bonds. The van der Waals surface area contributed by atoms with E-state index in [0.29, 0.717) is 21.5 Å². The van der Waals surface area contributed by atoms with E-state index < -0.39 is 11.8 Å². The van der Waals surface area contributed by atoms with Gasteiger partial charge in [-0.05, 0) is 34.1 Å². The smallest absolute Gasteiger partial charge is 0.271 e. The van der Waals surface area contributed by atoms with Crippen LogP contribution in [0.3, 0.4) is 0 Å². The fraction of sp³-hybridized carbons (Fsp3) is 0.133. The lowest BCUT2D eigenvalue weighted by atomic mass is 10.3. The molecule has 0 aliphatic heterocycles. The van der Waals surface area contributed by atoms with Crippen LogP contribution in [0.2, 0.25) is 0 Å². The van der Waals surface area contributed by atoms with Crippen molar-refractivity contribution in [1.29, 1.82) is 0 Å². The topological polar surface area (TPSA) is 92.4 Å². The van der Waals surface area contributed by atoms with Crippen molar-refractivity contribution in [3.05, 3.63) is 52.8 Å². The summed E-state index contributed by atoms with van der Waals surface area (Å²) >= 11 is 3.22. The molecule has 7 nitrogen and oxygen atoms in total. The molecular formula is C15H15BrN4O3. The van der Waals surface area contributed by atoms with Crippen LogP contribution in [0.1, 0.15) is 10.4 Å². The highest BCUT2D eigenvalue weighted by Gasteiger charge is 2.09. The summed E-state index contributed by atoms with van der Waals surface area (Å²) in [6, 6.07) is 8.82. The molecule has 0 aliphatic carbocycles. The van der Waals surface area contributed by atoms with Crippen LogP contribution >= 0.6 is 15.9 Å². The summed E-state index contributed by atoms with van der Waals surface area (Å²) < 4.78 is 5.84. The van der Waals surface area contributed by atoms with Crippen molar-refractivity contribution in [3.8, 4) is 5.75 Å². The SMILES string of the molecule is COc1ccccc1NCC(=O)NNC(=O)c1cncc(Br)c1. The molecule has 0 saturated carbocycles. The van der Waals surface area contributed by atoms with Gasteiger partial charge < -0.3 is 10.1 Å². The lowest BCUT2D eigenvalue weighted by Gasteiger charge is -2.11. The standard InChI is InChI=1S/C15H15BrN4O3/c1-23-13-5-3-2-4-12(13)18-9-14(21)19-20-15(22)10-6-11(16)8-17-7-10/h2-8,18H,9H2,1H3,(H,19,21)(H,20,22). The normalized spacial score (nSPS) is 9.83. The fourth-order valence-electron chi connectivity index (χ4n) is 1.75. The van der Waals surface area contributed by atoms with Crippen molar-refractivity contribution < 1.29 is 14.3 Å². The van der Waals surface area contributed by atoms with E-state index in [1.807, 2.05) is 12.1 Å². The molecule has 2 rings (SSSR count). The molecule has 120 valence electrons. The molecule has 0 saturated heterocycles. The maximum Gasteiger partial charge on any atom is 0.271 e. The van der Waals surface area contributed by atoms with Gasteiger partial charge in [0.1, 0.15) is 5.75 Å². The molecule has 2 aromatic rings. The molecule has 0 unspecified atom stereocenters. The number of hydrogen-bond acceptors (Lipinski definition) is 5. The fourth-order valence-corrected chi connectivity index (χ4v) is 2.11. The zero-order valence-electron chi connectivity index (χ0n) is 12.3. The number of carbonyl (C=O) groups is 2. The largest absolute Gasteiger partial charge is 0.495 e. The maximum atomic E-state index is 11.8. The van der Waals surface area contributed by atoms with E-state index >= 15 is 0 Å². The average molecular weight is 379 g/mol. The second kappa shape index (κ2) is 8.14. The van der Waals surface area contributed by atoms with Gasteiger partial charge in [0.05, 0.1) is 24.9 Å². The van der Waals surface area contributed by atoms with Crippen molar-refractivity contribution in [3.63, 3.8) is 0 Å². The molecule has 1 aromatic carbocycles. The number of aromatic nitrogens is 1. The van der Waals surface area contributed by atoms with E-state index in [2.05, 4.69) is 37.1 Å². The summed E-state index contributed by atoms with van der Waals surface area (Å²) in [5, 5.41) is 2.93. The molecule has 1 aromatic heterocycles. The van der Waals surface area contributed by atoms with E-state index in [-0.39, 0.29) is 6.54 Å². The third-order valence-electron chi connectivity index (χ3n) is 2.83. The predicted octanol–water partition coefficient (Wildman–Crippen LogP) is 1.73. The number of carbonyl (C=O) groups excluding carboxylic acids is 2. The Labute approximate surface area is 141 Å². The van der Waals surface area contributed by atoms with Gasteiger partial charge in [0.2, 0.25) is 0 Å². The first-order chi connectivity index (χ1) is 11.1. The molecule has 0 aliphatic rings. The molecule has 0 spiro atoms. The summed E-state index contributed by atoms with van der Waals surface area (Å²) in [7, 11) is 1.55. The number of methoxy groups -OCH3 is 1. The monoisotopic (exact) mass is 378 g/mol. The van der Waals surface area contributed by atoms with Crippen molar-refractivity contribution in [2.75, 3.05) is 19.0 Å². The Hall–Kier alpha value is -2.61. The van der Waals surface area contributed by atoms with Gasteiger partial charge in [0.15, 0.2) is 0 Å². The Morgan fingerprint density at radius 1 is 1.22 bits per heavy atom. The van der Waals surface area contributed by atoms with Crippen LogP contribution in [0.15, 0.2) is 47.2 Å². The Morgan fingerprint density at radius 3 is 2.74 bits per heavy atom. The van der Waals surface area contributed by atoms with Crippen LogP contribution in [-0.4, -0.2) is 30.5 Å². The molecule has 0 bridgehead atoms. The van der Waals surface area contributed by atoms with Gasteiger partial charge in [-0.3, -0.25) is 25.4 Å².